The van der Waals surface area contributed by atoms with E-state index in [1.807, 2.05) is 0 Å². The molecule has 0 saturated heterocycles. The normalized spacial score (nSPS) is 27.5. The van der Waals surface area contributed by atoms with E-state index in [1.165, 1.54) is 0 Å². The lowest BCUT2D eigenvalue weighted by Gasteiger charge is -2.33. The van der Waals surface area contributed by atoms with Crippen LogP contribution in [-0.2, 0) is 0 Å². The first kappa shape index (κ1) is 7.61. The molecular formula is C8H16N2. The highest BCUT2D eigenvalue weighted by atomic mass is 15.3. The minimum Gasteiger partial charge on any atom is -0.365 e. The molecule has 2 nitrogen and oxygen atoms in total. The molecule has 0 aromatic rings. The van der Waals surface area contributed by atoms with Crippen molar-refractivity contribution in [3.05, 3.63) is 12.3 Å². The lowest BCUT2D eigenvalue weighted by molar-refractivity contribution is 0.167. The molecule has 0 aliphatic carbocycles. The van der Waals surface area contributed by atoms with Crippen molar-refractivity contribution in [2.24, 2.45) is 0 Å². The van der Waals surface area contributed by atoms with E-state index in [2.05, 4.69) is 43.0 Å². The Balaban J connectivity index is 2.51. The van der Waals surface area contributed by atoms with E-state index in [-0.39, 0.29) is 0 Å². The third-order valence-electron chi connectivity index (χ3n) is 2.08. The first-order valence-electron chi connectivity index (χ1n) is 3.86. The molecule has 0 N–H and O–H groups in total. The minimum absolute atomic E-state index is 0.600. The summed E-state index contributed by atoms with van der Waals surface area (Å²) < 4.78 is 0. The Morgan fingerprint density at radius 3 is 2.80 bits per heavy atom. The summed E-state index contributed by atoms with van der Waals surface area (Å²) in [5.41, 5.74) is 0. The summed E-state index contributed by atoms with van der Waals surface area (Å²) in [6.45, 7) is 6.55. The third kappa shape index (κ3) is 1.51. The topological polar surface area (TPSA) is 6.48 Å². The van der Waals surface area contributed by atoms with Crippen molar-refractivity contribution in [1.82, 2.24) is 9.80 Å². The first-order chi connectivity index (χ1) is 4.74. The molecular weight excluding hydrogens is 124 g/mol. The summed E-state index contributed by atoms with van der Waals surface area (Å²) in [5.74, 6) is 0. The molecule has 1 rings (SSSR count). The van der Waals surface area contributed by atoms with E-state index in [0.29, 0.717) is 6.04 Å². The zero-order valence-corrected chi connectivity index (χ0v) is 7.04. The van der Waals surface area contributed by atoms with Gasteiger partial charge in [0.05, 0.1) is 6.67 Å². The molecule has 1 unspecified atom stereocenters. The quantitative estimate of drug-likeness (QED) is 0.538. The Labute approximate surface area is 63.1 Å². The van der Waals surface area contributed by atoms with Crippen molar-refractivity contribution < 1.29 is 0 Å². The Morgan fingerprint density at radius 1 is 1.60 bits per heavy atom. The second-order valence-corrected chi connectivity index (χ2v) is 2.89. The Morgan fingerprint density at radius 2 is 2.30 bits per heavy atom. The largest absolute Gasteiger partial charge is 0.365 e. The van der Waals surface area contributed by atoms with Gasteiger partial charge in [-0.2, -0.15) is 0 Å². The zero-order valence-electron chi connectivity index (χ0n) is 7.04. The molecule has 0 aromatic carbocycles. The second kappa shape index (κ2) is 3.06. The second-order valence-electron chi connectivity index (χ2n) is 2.89. The third-order valence-corrected chi connectivity index (χ3v) is 2.08. The van der Waals surface area contributed by atoms with E-state index in [0.717, 1.165) is 13.2 Å². The average molecular weight is 140 g/mol. The van der Waals surface area contributed by atoms with E-state index in [4.69, 9.17) is 0 Å². The average Bonchev–Trinajstić information content (AvgIpc) is 1.95. The first-order valence-corrected chi connectivity index (χ1v) is 3.86. The van der Waals surface area contributed by atoms with E-state index in [9.17, 15) is 0 Å². The van der Waals surface area contributed by atoms with Crippen LogP contribution in [0.1, 0.15) is 13.8 Å². The van der Waals surface area contributed by atoms with Gasteiger partial charge in [-0.05, 0) is 27.1 Å². The Hall–Kier alpha value is -0.500. The standard InChI is InChI=1S/C8H16N2/c1-4-10-6-5-8(2)9(3)7-10/h5-6,8H,4,7H2,1-3H3. The van der Waals surface area contributed by atoms with Gasteiger partial charge in [0.1, 0.15) is 0 Å². The Kier molecular flexibility index (Phi) is 2.33. The van der Waals surface area contributed by atoms with Crippen LogP contribution in [0.15, 0.2) is 12.3 Å². The van der Waals surface area contributed by atoms with Gasteiger partial charge in [0.15, 0.2) is 0 Å². The molecule has 0 spiro atoms. The van der Waals surface area contributed by atoms with Crippen molar-refractivity contribution in [3.8, 4) is 0 Å². The van der Waals surface area contributed by atoms with E-state index in [1.54, 1.807) is 0 Å². The predicted octanol–water partition coefficient (Wildman–Crippen LogP) is 1.11. The molecule has 0 aromatic heterocycles. The van der Waals surface area contributed by atoms with Crippen LogP contribution in [0, 0.1) is 0 Å². The van der Waals surface area contributed by atoms with Crippen LogP contribution in [0.2, 0.25) is 0 Å². The SMILES string of the molecule is CCN1C=CC(C)N(C)C1. The molecule has 1 aliphatic rings. The van der Waals surface area contributed by atoms with Gasteiger partial charge in [-0.3, -0.25) is 4.90 Å². The maximum atomic E-state index is 2.32. The smallest absolute Gasteiger partial charge is 0.0703 e. The van der Waals surface area contributed by atoms with Gasteiger partial charge in [0, 0.05) is 12.6 Å². The van der Waals surface area contributed by atoms with Gasteiger partial charge < -0.3 is 4.90 Å². The van der Waals surface area contributed by atoms with Gasteiger partial charge in [-0.15, -0.1) is 0 Å². The molecule has 0 saturated carbocycles. The fourth-order valence-electron chi connectivity index (χ4n) is 1.06. The summed E-state index contributed by atoms with van der Waals surface area (Å²) in [6, 6.07) is 0.600. The summed E-state index contributed by atoms with van der Waals surface area (Å²) in [7, 11) is 2.15. The fraction of sp³-hybridized carbons (Fsp3) is 0.750. The number of likely N-dealkylation sites (N-methyl/N-ethyl adjacent to an activating group) is 1. The number of nitrogens with zero attached hydrogens (tertiary/aromatic N) is 2. The summed E-state index contributed by atoms with van der Waals surface area (Å²) in [6.07, 6.45) is 4.41. The van der Waals surface area contributed by atoms with Gasteiger partial charge in [0.2, 0.25) is 0 Å². The number of hydrogen-bond donors (Lipinski definition) is 0. The molecule has 0 radical (unpaired) electrons. The lowest BCUT2D eigenvalue weighted by atomic mass is 10.2. The Bertz CT molecular complexity index is 131. The molecule has 1 atom stereocenters. The molecule has 0 fully saturated rings. The van der Waals surface area contributed by atoms with Crippen molar-refractivity contribution in [1.29, 1.82) is 0 Å². The fourth-order valence-corrected chi connectivity index (χ4v) is 1.06. The van der Waals surface area contributed by atoms with Crippen LogP contribution < -0.4 is 0 Å². The highest BCUT2D eigenvalue weighted by Crippen LogP contribution is 2.06. The van der Waals surface area contributed by atoms with Crippen LogP contribution in [0.3, 0.4) is 0 Å². The molecule has 10 heavy (non-hydrogen) atoms. The highest BCUT2D eigenvalue weighted by Gasteiger charge is 2.11. The molecule has 58 valence electrons. The number of rotatable bonds is 1. The maximum absolute atomic E-state index is 2.32. The molecule has 1 heterocycles. The van der Waals surface area contributed by atoms with Crippen molar-refractivity contribution in [3.63, 3.8) is 0 Å². The molecule has 1 aliphatic heterocycles. The van der Waals surface area contributed by atoms with Gasteiger partial charge in [-0.25, -0.2) is 0 Å². The van der Waals surface area contributed by atoms with Crippen molar-refractivity contribution >= 4 is 0 Å². The predicted molar refractivity (Wildman–Crippen MR) is 43.6 cm³/mol. The highest BCUT2D eigenvalue weighted by molar-refractivity contribution is 4.95. The van der Waals surface area contributed by atoms with Gasteiger partial charge in [0.25, 0.3) is 0 Å². The monoisotopic (exact) mass is 140 g/mol. The van der Waals surface area contributed by atoms with Crippen LogP contribution in [0.4, 0.5) is 0 Å². The lowest BCUT2D eigenvalue weighted by Crippen LogP contribution is -2.40. The summed E-state index contributed by atoms with van der Waals surface area (Å²) >= 11 is 0. The molecule has 2 heteroatoms. The van der Waals surface area contributed by atoms with Crippen molar-refractivity contribution in [2.75, 3.05) is 20.3 Å². The van der Waals surface area contributed by atoms with Crippen molar-refractivity contribution in [2.45, 2.75) is 19.9 Å². The maximum Gasteiger partial charge on any atom is 0.0703 e. The van der Waals surface area contributed by atoms with Gasteiger partial charge >= 0.3 is 0 Å². The zero-order chi connectivity index (χ0) is 7.56. The summed E-state index contributed by atoms with van der Waals surface area (Å²) in [5, 5.41) is 0. The van der Waals surface area contributed by atoms with Crippen LogP contribution in [0.25, 0.3) is 0 Å². The van der Waals surface area contributed by atoms with E-state index >= 15 is 0 Å². The molecule has 0 amide bonds. The number of hydrogen-bond acceptors (Lipinski definition) is 2. The minimum atomic E-state index is 0.600. The van der Waals surface area contributed by atoms with E-state index < -0.39 is 0 Å². The van der Waals surface area contributed by atoms with Crippen LogP contribution in [-0.4, -0.2) is 36.1 Å². The van der Waals surface area contributed by atoms with Gasteiger partial charge in [-0.1, -0.05) is 6.08 Å². The van der Waals surface area contributed by atoms with Crippen LogP contribution >= 0.6 is 0 Å². The summed E-state index contributed by atoms with van der Waals surface area (Å²) in [4.78, 5) is 4.61. The molecule has 0 bridgehead atoms. The van der Waals surface area contributed by atoms with Crippen LogP contribution in [0.5, 0.6) is 0 Å².